The van der Waals surface area contributed by atoms with Gasteiger partial charge >= 0.3 is 0 Å². The van der Waals surface area contributed by atoms with E-state index < -0.39 is 0 Å². The number of aliphatic hydroxyl groups is 2. The van der Waals surface area contributed by atoms with Gasteiger partial charge in [0, 0.05) is 0 Å². The molecule has 4 rings (SSSR count). The highest BCUT2D eigenvalue weighted by molar-refractivity contribution is 5.29. The maximum absolute atomic E-state index is 10.1. The fourth-order valence-corrected chi connectivity index (χ4v) is 6.94. The van der Waals surface area contributed by atoms with Gasteiger partial charge in [0.25, 0.3) is 0 Å². The normalized spacial score (nSPS) is 51.0. The zero-order chi connectivity index (χ0) is 16.2. The van der Waals surface area contributed by atoms with Gasteiger partial charge in [-0.15, -0.1) is 0 Å². The van der Waals surface area contributed by atoms with Gasteiger partial charge in [-0.05, 0) is 80.0 Å². The molecule has 2 heteroatoms. The van der Waals surface area contributed by atoms with Crippen molar-refractivity contribution >= 4 is 0 Å². The van der Waals surface area contributed by atoms with Crippen LogP contribution in [0.4, 0.5) is 0 Å². The molecule has 0 aliphatic heterocycles. The Morgan fingerprint density at radius 2 is 1.87 bits per heavy atom. The Bertz CT molecular complexity index is 548. The van der Waals surface area contributed by atoms with E-state index in [1.165, 1.54) is 44.1 Å². The molecule has 0 amide bonds. The van der Waals surface area contributed by atoms with Crippen LogP contribution < -0.4 is 0 Å². The molecule has 0 aromatic heterocycles. The van der Waals surface area contributed by atoms with E-state index in [1.807, 2.05) is 0 Å². The van der Waals surface area contributed by atoms with Crippen LogP contribution in [-0.2, 0) is 0 Å². The summed E-state index contributed by atoms with van der Waals surface area (Å²) in [7, 11) is 0. The van der Waals surface area contributed by atoms with Crippen LogP contribution in [0.1, 0.15) is 65.2 Å². The monoisotopic (exact) mass is 316 g/mol. The third kappa shape index (κ3) is 2.21. The van der Waals surface area contributed by atoms with Crippen molar-refractivity contribution < 1.29 is 10.2 Å². The lowest BCUT2D eigenvalue weighted by Gasteiger charge is -2.57. The molecule has 3 saturated carbocycles. The van der Waals surface area contributed by atoms with Crippen LogP contribution in [0.15, 0.2) is 23.3 Å². The average Bonchev–Trinajstić information content (AvgIpc) is 2.85. The minimum absolute atomic E-state index is 0.106. The number of allylic oxidation sites excluding steroid dienone is 2. The molecule has 128 valence electrons. The van der Waals surface area contributed by atoms with Gasteiger partial charge in [-0.3, -0.25) is 0 Å². The van der Waals surface area contributed by atoms with Gasteiger partial charge in [-0.25, -0.2) is 0 Å². The Labute approximate surface area is 140 Å². The van der Waals surface area contributed by atoms with Gasteiger partial charge in [0.05, 0.1) is 12.7 Å². The molecule has 4 aliphatic carbocycles. The number of aliphatic hydroxyl groups excluding tert-OH is 2. The molecule has 23 heavy (non-hydrogen) atoms. The van der Waals surface area contributed by atoms with E-state index in [-0.39, 0.29) is 12.7 Å². The summed E-state index contributed by atoms with van der Waals surface area (Å²) in [5.74, 6) is 2.41. The van der Waals surface area contributed by atoms with Crippen molar-refractivity contribution in [1.82, 2.24) is 0 Å². The summed E-state index contributed by atoms with van der Waals surface area (Å²) < 4.78 is 0. The molecule has 0 unspecified atom stereocenters. The van der Waals surface area contributed by atoms with Crippen molar-refractivity contribution in [2.45, 2.75) is 71.3 Å². The molecule has 0 heterocycles. The van der Waals surface area contributed by atoms with Crippen molar-refractivity contribution in [3.8, 4) is 0 Å². The first kappa shape index (κ1) is 15.9. The van der Waals surface area contributed by atoms with Gasteiger partial charge in [-0.2, -0.15) is 0 Å². The Hall–Kier alpha value is -0.600. The fraction of sp³-hybridized carbons (Fsp3) is 0.810. The summed E-state index contributed by atoms with van der Waals surface area (Å²) in [6.07, 6.45) is 13.9. The lowest BCUT2D eigenvalue weighted by Crippen LogP contribution is -2.49. The van der Waals surface area contributed by atoms with Crippen LogP contribution in [0.25, 0.3) is 0 Å². The summed E-state index contributed by atoms with van der Waals surface area (Å²) in [5, 5.41) is 19.4. The lowest BCUT2D eigenvalue weighted by atomic mass is 9.48. The largest absolute Gasteiger partial charge is 0.393 e. The van der Waals surface area contributed by atoms with Gasteiger partial charge < -0.3 is 10.2 Å². The molecular formula is C21H32O2. The maximum atomic E-state index is 10.1. The Morgan fingerprint density at radius 1 is 1.13 bits per heavy atom. The second-order valence-electron chi connectivity index (χ2n) is 9.06. The van der Waals surface area contributed by atoms with E-state index >= 15 is 0 Å². The molecule has 4 aliphatic rings. The van der Waals surface area contributed by atoms with Gasteiger partial charge in [-0.1, -0.05) is 37.1 Å². The first-order valence-corrected chi connectivity index (χ1v) is 9.67. The lowest BCUT2D eigenvalue weighted by molar-refractivity contribution is -0.0269. The highest BCUT2D eigenvalue weighted by Crippen LogP contribution is 2.66. The summed E-state index contributed by atoms with van der Waals surface area (Å²) in [5.41, 5.74) is 3.76. The summed E-state index contributed by atoms with van der Waals surface area (Å²) >= 11 is 0. The molecular weight excluding hydrogens is 284 g/mol. The van der Waals surface area contributed by atoms with E-state index in [9.17, 15) is 10.2 Å². The van der Waals surface area contributed by atoms with Gasteiger partial charge in [0.15, 0.2) is 0 Å². The molecule has 0 bridgehead atoms. The van der Waals surface area contributed by atoms with Crippen LogP contribution in [0, 0.1) is 28.6 Å². The van der Waals surface area contributed by atoms with Gasteiger partial charge in [0.1, 0.15) is 0 Å². The van der Waals surface area contributed by atoms with Crippen molar-refractivity contribution in [3.63, 3.8) is 0 Å². The van der Waals surface area contributed by atoms with E-state index in [2.05, 4.69) is 26.0 Å². The molecule has 0 aromatic carbocycles. The second-order valence-corrected chi connectivity index (χ2v) is 9.06. The zero-order valence-corrected chi connectivity index (χ0v) is 14.7. The third-order valence-electron chi connectivity index (χ3n) is 8.26. The number of fused-ring (bicyclic) bond motifs is 5. The van der Waals surface area contributed by atoms with Crippen molar-refractivity contribution in [2.75, 3.05) is 6.61 Å². The van der Waals surface area contributed by atoms with E-state index in [4.69, 9.17) is 0 Å². The van der Waals surface area contributed by atoms with E-state index in [1.54, 1.807) is 5.57 Å². The number of hydrogen-bond donors (Lipinski definition) is 2. The molecule has 0 aromatic rings. The summed E-state index contributed by atoms with van der Waals surface area (Å²) in [4.78, 5) is 0. The summed E-state index contributed by atoms with van der Waals surface area (Å²) in [6, 6.07) is 0. The van der Waals surface area contributed by atoms with E-state index in [0.717, 1.165) is 30.6 Å². The smallest absolute Gasteiger partial charge is 0.0615 e. The van der Waals surface area contributed by atoms with Crippen LogP contribution >= 0.6 is 0 Å². The minimum atomic E-state index is -0.106. The zero-order valence-electron chi connectivity index (χ0n) is 14.7. The maximum Gasteiger partial charge on any atom is 0.0615 e. The average molecular weight is 316 g/mol. The standard InChI is InChI=1S/C21H32O2/c1-20-11-8-19-17(18(20)6-4-14(20)9-12-22)5-3-15-13-16(23)7-10-21(15,19)2/h3,9,16-19,22-23H,4-8,10-13H2,1-2H3/t16-,17-,18-,19-,20+,21-/m0/s1. The number of rotatable bonds is 1. The molecule has 0 radical (unpaired) electrons. The molecule has 2 nitrogen and oxygen atoms in total. The van der Waals surface area contributed by atoms with Crippen LogP contribution in [0.2, 0.25) is 0 Å². The number of hydrogen-bond acceptors (Lipinski definition) is 2. The highest BCUT2D eigenvalue weighted by atomic mass is 16.3. The van der Waals surface area contributed by atoms with Crippen molar-refractivity contribution in [3.05, 3.63) is 23.3 Å². The first-order valence-electron chi connectivity index (χ1n) is 9.67. The first-order chi connectivity index (χ1) is 11.0. The Kier molecular flexibility index (Phi) is 3.77. The van der Waals surface area contributed by atoms with Crippen molar-refractivity contribution in [1.29, 1.82) is 0 Å². The van der Waals surface area contributed by atoms with Crippen LogP contribution in [0.5, 0.6) is 0 Å². The fourth-order valence-electron chi connectivity index (χ4n) is 6.94. The second kappa shape index (κ2) is 5.46. The molecule has 0 spiro atoms. The predicted molar refractivity (Wildman–Crippen MR) is 92.9 cm³/mol. The Balaban J connectivity index is 1.66. The van der Waals surface area contributed by atoms with Crippen molar-refractivity contribution in [2.24, 2.45) is 28.6 Å². The topological polar surface area (TPSA) is 40.5 Å². The molecule has 6 atom stereocenters. The van der Waals surface area contributed by atoms with Gasteiger partial charge in [0.2, 0.25) is 0 Å². The summed E-state index contributed by atoms with van der Waals surface area (Å²) in [6.45, 7) is 5.16. The van der Waals surface area contributed by atoms with E-state index in [0.29, 0.717) is 10.8 Å². The highest BCUT2D eigenvalue weighted by Gasteiger charge is 2.56. The minimum Gasteiger partial charge on any atom is -0.393 e. The quantitative estimate of drug-likeness (QED) is 0.711. The molecule has 2 N–H and O–H groups in total. The molecule has 0 saturated heterocycles. The third-order valence-corrected chi connectivity index (χ3v) is 8.26. The Morgan fingerprint density at radius 3 is 2.65 bits per heavy atom. The molecule has 3 fully saturated rings. The predicted octanol–water partition coefficient (Wildman–Crippen LogP) is 4.23. The van der Waals surface area contributed by atoms with Crippen LogP contribution in [0.3, 0.4) is 0 Å². The SMILES string of the molecule is C[C@]12CC[C@H](O)CC1=CC[C@@H]1[C@@H]2CC[C@]2(C)C(=CCO)CC[C@@H]12. The van der Waals surface area contributed by atoms with Crippen LogP contribution in [-0.4, -0.2) is 22.9 Å².